The molecule has 0 bridgehead atoms. The second kappa shape index (κ2) is 10.2. The van der Waals surface area contributed by atoms with Crippen molar-refractivity contribution in [3.63, 3.8) is 0 Å². The van der Waals surface area contributed by atoms with Crippen LogP contribution in [-0.2, 0) is 19.2 Å². The molecular weight excluding hydrogens is 471 g/mol. The molecule has 0 aliphatic carbocycles. The maximum absolute atomic E-state index is 12.1. The van der Waals surface area contributed by atoms with E-state index in [1.165, 1.54) is 24.5 Å². The van der Waals surface area contributed by atoms with Gasteiger partial charge in [-0.25, -0.2) is 23.0 Å². The lowest BCUT2D eigenvalue weighted by atomic mass is 10.1. The van der Waals surface area contributed by atoms with Gasteiger partial charge in [0.15, 0.2) is 15.0 Å². The zero-order valence-electron chi connectivity index (χ0n) is 16.5. The molecule has 2 aromatic heterocycles. The monoisotopic (exact) mass is 492 g/mol. The van der Waals surface area contributed by atoms with Gasteiger partial charge in [-0.2, -0.15) is 0 Å². The number of carbonyl (C=O) groups excluding carboxylic acids is 1. The molecule has 0 saturated carbocycles. The van der Waals surface area contributed by atoms with Crippen LogP contribution in [0, 0.1) is 6.92 Å². The van der Waals surface area contributed by atoms with Gasteiger partial charge in [-0.15, -0.1) is 0 Å². The van der Waals surface area contributed by atoms with Crippen molar-refractivity contribution in [2.24, 2.45) is 0 Å². The van der Waals surface area contributed by atoms with Crippen molar-refractivity contribution >= 4 is 40.0 Å². The van der Waals surface area contributed by atoms with Crippen molar-refractivity contribution in [1.82, 2.24) is 14.5 Å². The van der Waals surface area contributed by atoms with Gasteiger partial charge in [0.25, 0.3) is 0 Å². The summed E-state index contributed by atoms with van der Waals surface area (Å²) in [7, 11) is -8.04. The first-order valence-electron chi connectivity index (χ1n) is 8.12. The van der Waals surface area contributed by atoms with Crippen molar-refractivity contribution in [3.8, 4) is 16.1 Å². The highest BCUT2D eigenvalue weighted by atomic mass is 32.2. The lowest BCUT2D eigenvalue weighted by molar-refractivity contribution is -0.114. The third-order valence-electron chi connectivity index (χ3n) is 3.48. The third-order valence-corrected chi connectivity index (χ3v) is 5.75. The molecule has 0 unspecified atom stereocenters. The van der Waals surface area contributed by atoms with Gasteiger partial charge in [0.1, 0.15) is 0 Å². The van der Waals surface area contributed by atoms with E-state index in [0.717, 1.165) is 16.1 Å². The average molecular weight is 492 g/mol. The summed E-state index contributed by atoms with van der Waals surface area (Å²) in [5.41, 5.74) is 2.10. The molecule has 0 aliphatic rings. The maximum atomic E-state index is 12.1. The van der Waals surface area contributed by atoms with E-state index in [0.29, 0.717) is 10.8 Å². The molecule has 170 valence electrons. The Balaban J connectivity index is 0.000000721. The normalized spacial score (nSPS) is 11.2. The highest BCUT2D eigenvalue weighted by Crippen LogP contribution is 2.35. The van der Waals surface area contributed by atoms with Crippen LogP contribution in [0.15, 0.2) is 41.8 Å². The number of benzene rings is 1. The number of imidazole rings is 1. The Bertz CT molecular complexity index is 1190. The lowest BCUT2D eigenvalue weighted by Crippen LogP contribution is -2.04. The second-order valence-electron chi connectivity index (χ2n) is 6.05. The van der Waals surface area contributed by atoms with Crippen molar-refractivity contribution < 1.29 is 37.9 Å². The summed E-state index contributed by atoms with van der Waals surface area (Å²) >= 11 is 1.34. The van der Waals surface area contributed by atoms with Gasteiger partial charge >= 0.3 is 7.82 Å². The number of aryl methyl sites for hydroxylation is 1. The molecule has 3 aromatic rings. The molecule has 3 rings (SSSR count). The molecule has 12 nitrogen and oxygen atoms in total. The molecule has 0 aliphatic heterocycles. The van der Waals surface area contributed by atoms with Crippen LogP contribution in [0.3, 0.4) is 0 Å². The molecule has 0 atom stereocenters. The first kappa shape index (κ1) is 26.6. The Kier molecular flexibility index (Phi) is 8.78. The van der Waals surface area contributed by atoms with Crippen LogP contribution in [0.1, 0.15) is 12.6 Å². The summed E-state index contributed by atoms with van der Waals surface area (Å²) in [5.74, 6) is -0.188. The van der Waals surface area contributed by atoms with E-state index in [1.807, 2.05) is 6.92 Å². The molecule has 6 N–H and O–H groups in total. The minimum atomic E-state index is -4.64. The predicted octanol–water partition coefficient (Wildman–Crippen LogP) is 0.913. The van der Waals surface area contributed by atoms with E-state index in [2.05, 4.69) is 15.3 Å². The number of hydrogen-bond donors (Lipinski definition) is 4. The Labute approximate surface area is 181 Å². The van der Waals surface area contributed by atoms with E-state index in [1.54, 1.807) is 41.5 Å². The Hall–Kier alpha value is -2.45. The fourth-order valence-electron chi connectivity index (χ4n) is 2.44. The number of carbonyl (C=O) groups is 1. The number of amides is 1. The minimum absolute atomic E-state index is 0. The van der Waals surface area contributed by atoms with E-state index < -0.39 is 17.7 Å². The summed E-state index contributed by atoms with van der Waals surface area (Å²) in [4.78, 5) is 42.2. The first-order valence-corrected chi connectivity index (χ1v) is 12.4. The minimum Gasteiger partial charge on any atom is -0.412 e. The standard InChI is InChI=1S/C16H16N4O3S2.H3O4P.H2O/c1-10-15(24-16(18-10)19-11(2)21)12-4-5-14(25(3,22)23)13(8-12)20-7-6-17-9-20;1-5(2,3)4;/h4-9H,1-3H3,(H,18,19,21);(H3,1,2,3,4);1H2. The van der Waals surface area contributed by atoms with E-state index >= 15 is 0 Å². The van der Waals surface area contributed by atoms with Crippen molar-refractivity contribution in [2.75, 3.05) is 11.6 Å². The number of anilines is 1. The Morgan fingerprint density at radius 3 is 2.35 bits per heavy atom. The van der Waals surface area contributed by atoms with Crippen molar-refractivity contribution in [1.29, 1.82) is 0 Å². The molecule has 0 radical (unpaired) electrons. The quantitative estimate of drug-likeness (QED) is 0.382. The topological polar surface area (TPSA) is 203 Å². The summed E-state index contributed by atoms with van der Waals surface area (Å²) in [6, 6.07) is 5.11. The number of rotatable bonds is 4. The van der Waals surface area contributed by atoms with Crippen molar-refractivity contribution in [3.05, 3.63) is 42.6 Å². The number of phosphoric acid groups is 1. The highest BCUT2D eigenvalue weighted by molar-refractivity contribution is 7.90. The smallest absolute Gasteiger partial charge is 0.412 e. The van der Waals surface area contributed by atoms with Gasteiger partial charge in [-0.3, -0.25) is 4.79 Å². The fourth-order valence-corrected chi connectivity index (χ4v) is 4.31. The van der Waals surface area contributed by atoms with Crippen LogP contribution in [-0.4, -0.2) is 55.3 Å². The van der Waals surface area contributed by atoms with Gasteiger partial charge in [0.05, 0.1) is 27.5 Å². The van der Waals surface area contributed by atoms with Crippen LogP contribution < -0.4 is 5.32 Å². The van der Waals surface area contributed by atoms with Crippen LogP contribution in [0.5, 0.6) is 0 Å². The molecule has 0 saturated heterocycles. The molecule has 15 heteroatoms. The molecule has 0 spiro atoms. The molecule has 2 heterocycles. The number of sulfone groups is 1. The first-order chi connectivity index (χ1) is 13.8. The van der Waals surface area contributed by atoms with E-state index in [9.17, 15) is 13.2 Å². The van der Waals surface area contributed by atoms with Gasteiger partial charge in [0.2, 0.25) is 5.91 Å². The Morgan fingerprint density at radius 1 is 1.26 bits per heavy atom. The number of nitrogens with one attached hydrogen (secondary N) is 1. The maximum Gasteiger partial charge on any atom is 0.466 e. The highest BCUT2D eigenvalue weighted by Gasteiger charge is 2.18. The number of thiazole rings is 1. The van der Waals surface area contributed by atoms with Crippen LogP contribution in [0.25, 0.3) is 16.1 Å². The van der Waals surface area contributed by atoms with Crippen LogP contribution >= 0.6 is 19.2 Å². The molecule has 0 fully saturated rings. The number of aromatic nitrogens is 3. The molecular formula is C16H21N4O8PS2. The van der Waals surface area contributed by atoms with Gasteiger partial charge < -0.3 is 30.0 Å². The SMILES string of the molecule is CC(=O)Nc1nc(C)c(-c2ccc(S(C)(=O)=O)c(-n3ccnc3)c2)s1.O.O=P(O)(O)O. The van der Waals surface area contributed by atoms with Crippen LogP contribution in [0.4, 0.5) is 5.13 Å². The van der Waals surface area contributed by atoms with Gasteiger partial charge in [-0.1, -0.05) is 17.4 Å². The van der Waals surface area contributed by atoms with E-state index in [4.69, 9.17) is 19.2 Å². The Morgan fingerprint density at radius 2 is 1.87 bits per heavy atom. The molecule has 31 heavy (non-hydrogen) atoms. The van der Waals surface area contributed by atoms with Crippen molar-refractivity contribution in [2.45, 2.75) is 18.7 Å². The second-order valence-corrected chi connectivity index (χ2v) is 10.1. The van der Waals surface area contributed by atoms with Gasteiger partial charge in [0, 0.05) is 25.6 Å². The number of hydrogen-bond acceptors (Lipinski definition) is 7. The third kappa shape index (κ3) is 7.95. The summed E-state index contributed by atoms with van der Waals surface area (Å²) in [6.45, 7) is 3.27. The van der Waals surface area contributed by atoms with Gasteiger partial charge in [-0.05, 0) is 24.6 Å². The molecule has 1 aromatic carbocycles. The molecule has 1 amide bonds. The summed E-state index contributed by atoms with van der Waals surface area (Å²) < 4.78 is 34.7. The zero-order valence-corrected chi connectivity index (χ0v) is 19.1. The number of nitrogens with zero attached hydrogens (tertiary/aromatic N) is 3. The summed E-state index contributed by atoms with van der Waals surface area (Å²) in [5, 5.41) is 3.18. The lowest BCUT2D eigenvalue weighted by Gasteiger charge is -2.11. The largest absolute Gasteiger partial charge is 0.466 e. The van der Waals surface area contributed by atoms with E-state index in [-0.39, 0.29) is 16.3 Å². The average Bonchev–Trinajstić information content (AvgIpc) is 3.21. The predicted molar refractivity (Wildman–Crippen MR) is 115 cm³/mol. The zero-order chi connectivity index (χ0) is 22.7. The van der Waals surface area contributed by atoms with Crippen LogP contribution in [0.2, 0.25) is 0 Å². The fraction of sp³-hybridized carbons (Fsp3) is 0.188. The summed E-state index contributed by atoms with van der Waals surface area (Å²) in [6.07, 6.45) is 6.01.